The molecule has 1 saturated carbocycles. The summed E-state index contributed by atoms with van der Waals surface area (Å²) in [6.07, 6.45) is 2.38. The van der Waals surface area contributed by atoms with Crippen molar-refractivity contribution in [1.82, 2.24) is 20.1 Å². The molecular weight excluding hydrogens is 368 g/mol. The number of ether oxygens (including phenoxy) is 2. The topological polar surface area (TPSA) is 78.3 Å². The van der Waals surface area contributed by atoms with Gasteiger partial charge in [-0.05, 0) is 49.9 Å². The number of rotatable bonds is 7. The van der Waals surface area contributed by atoms with Crippen molar-refractivity contribution in [3.8, 4) is 11.6 Å². The molecule has 1 amide bonds. The molecule has 152 valence electrons. The number of carbonyl (C=O) groups excluding carboxylic acids is 1. The van der Waals surface area contributed by atoms with Gasteiger partial charge in [0.15, 0.2) is 12.3 Å². The van der Waals surface area contributed by atoms with Gasteiger partial charge in [-0.2, -0.15) is 10.1 Å². The second-order valence-corrected chi connectivity index (χ2v) is 7.61. The minimum atomic E-state index is -0.198. The predicted molar refractivity (Wildman–Crippen MR) is 110 cm³/mol. The average Bonchev–Trinajstić information content (AvgIpc) is 3.50. The molecule has 1 aliphatic rings. The van der Waals surface area contributed by atoms with Crippen LogP contribution in [0.5, 0.6) is 11.6 Å². The van der Waals surface area contributed by atoms with Crippen LogP contribution < -0.4 is 14.8 Å². The van der Waals surface area contributed by atoms with E-state index in [2.05, 4.69) is 15.4 Å². The molecule has 1 unspecified atom stereocenters. The summed E-state index contributed by atoms with van der Waals surface area (Å²) in [5, 5.41) is 8.70. The molecule has 0 radical (unpaired) electrons. The highest BCUT2D eigenvalue weighted by atomic mass is 16.5. The maximum absolute atomic E-state index is 12.3. The number of pyridine rings is 1. The molecule has 0 saturated heterocycles. The first kappa shape index (κ1) is 19.2. The summed E-state index contributed by atoms with van der Waals surface area (Å²) >= 11 is 0. The summed E-state index contributed by atoms with van der Waals surface area (Å²) in [7, 11) is 3.52. The maximum atomic E-state index is 12.3. The second-order valence-electron chi connectivity index (χ2n) is 7.61. The van der Waals surface area contributed by atoms with Gasteiger partial charge >= 0.3 is 0 Å². The van der Waals surface area contributed by atoms with Gasteiger partial charge in [-0.3, -0.25) is 9.48 Å². The standard InChI is InChI=1S/C22H26N4O3/c1-13-11-19(24-22-20(13)21(16-5-6-16)25-26(22)3)29-12-18(27)23-14(2)15-7-9-17(28-4)10-8-15/h7-11,14,16H,5-6,12H2,1-4H3,(H,23,27). The van der Waals surface area contributed by atoms with Crippen LogP contribution in [0.15, 0.2) is 30.3 Å². The molecule has 7 heteroatoms. The fraction of sp³-hybridized carbons (Fsp3) is 0.409. The Morgan fingerprint density at radius 1 is 1.31 bits per heavy atom. The number of benzene rings is 1. The van der Waals surface area contributed by atoms with Gasteiger partial charge in [0.2, 0.25) is 5.88 Å². The summed E-state index contributed by atoms with van der Waals surface area (Å²) in [5.41, 5.74) is 4.00. The molecule has 3 aromatic rings. The van der Waals surface area contributed by atoms with E-state index in [1.54, 1.807) is 11.8 Å². The SMILES string of the molecule is COc1ccc(C(C)NC(=O)COc2cc(C)c3c(C4CC4)nn(C)c3n2)cc1. The second kappa shape index (κ2) is 7.73. The lowest BCUT2D eigenvalue weighted by atomic mass is 10.1. The molecule has 2 heterocycles. The smallest absolute Gasteiger partial charge is 0.258 e. The van der Waals surface area contributed by atoms with E-state index in [0.717, 1.165) is 33.6 Å². The Bertz CT molecular complexity index is 1040. The first-order chi connectivity index (χ1) is 14.0. The zero-order chi connectivity index (χ0) is 20.5. The molecule has 4 rings (SSSR count). The zero-order valence-corrected chi connectivity index (χ0v) is 17.2. The third kappa shape index (κ3) is 4.04. The lowest BCUT2D eigenvalue weighted by Gasteiger charge is -2.15. The number of nitrogens with zero attached hydrogens (tertiary/aromatic N) is 3. The van der Waals surface area contributed by atoms with Gasteiger partial charge in [-0.25, -0.2) is 0 Å². The fourth-order valence-electron chi connectivity index (χ4n) is 3.55. The molecule has 0 spiro atoms. The van der Waals surface area contributed by atoms with Crippen LogP contribution in [0.4, 0.5) is 0 Å². The number of aromatic nitrogens is 3. The van der Waals surface area contributed by atoms with Gasteiger partial charge in [-0.15, -0.1) is 0 Å². The van der Waals surface area contributed by atoms with Crippen molar-refractivity contribution in [2.75, 3.05) is 13.7 Å². The third-order valence-corrected chi connectivity index (χ3v) is 5.30. The highest BCUT2D eigenvalue weighted by Gasteiger charge is 2.30. The quantitative estimate of drug-likeness (QED) is 0.664. The normalized spacial score (nSPS) is 14.6. The van der Waals surface area contributed by atoms with Crippen molar-refractivity contribution in [3.63, 3.8) is 0 Å². The van der Waals surface area contributed by atoms with E-state index in [0.29, 0.717) is 11.8 Å². The zero-order valence-electron chi connectivity index (χ0n) is 17.2. The minimum Gasteiger partial charge on any atom is -0.497 e. The molecule has 1 N–H and O–H groups in total. The number of fused-ring (bicyclic) bond motifs is 1. The van der Waals surface area contributed by atoms with Crippen LogP contribution in [-0.4, -0.2) is 34.4 Å². The van der Waals surface area contributed by atoms with Crippen molar-refractivity contribution in [3.05, 3.63) is 47.2 Å². The molecule has 29 heavy (non-hydrogen) atoms. The van der Waals surface area contributed by atoms with Gasteiger partial charge in [0.25, 0.3) is 5.91 Å². The largest absolute Gasteiger partial charge is 0.497 e. The summed E-state index contributed by atoms with van der Waals surface area (Å²) in [6, 6.07) is 9.37. The Hall–Kier alpha value is -3.09. The number of aryl methyl sites for hydroxylation is 2. The number of hydrogen-bond donors (Lipinski definition) is 1. The Kier molecular flexibility index (Phi) is 5.13. The van der Waals surface area contributed by atoms with E-state index in [1.807, 2.05) is 51.2 Å². The van der Waals surface area contributed by atoms with E-state index in [4.69, 9.17) is 9.47 Å². The summed E-state index contributed by atoms with van der Waals surface area (Å²) in [5.74, 6) is 1.58. The maximum Gasteiger partial charge on any atom is 0.258 e. The van der Waals surface area contributed by atoms with Crippen LogP contribution in [0, 0.1) is 6.92 Å². The van der Waals surface area contributed by atoms with Crippen LogP contribution in [0.2, 0.25) is 0 Å². The molecule has 0 aliphatic heterocycles. The molecular formula is C22H26N4O3. The average molecular weight is 394 g/mol. The molecule has 1 fully saturated rings. The van der Waals surface area contributed by atoms with Crippen LogP contribution >= 0.6 is 0 Å². The van der Waals surface area contributed by atoms with Crippen molar-refractivity contribution in [2.24, 2.45) is 7.05 Å². The lowest BCUT2D eigenvalue weighted by Crippen LogP contribution is -2.31. The minimum absolute atomic E-state index is 0.0915. The van der Waals surface area contributed by atoms with E-state index in [1.165, 1.54) is 12.8 Å². The van der Waals surface area contributed by atoms with Crippen molar-refractivity contribution in [1.29, 1.82) is 0 Å². The Labute approximate surface area is 170 Å². The lowest BCUT2D eigenvalue weighted by molar-refractivity contribution is -0.123. The van der Waals surface area contributed by atoms with Crippen molar-refractivity contribution in [2.45, 2.75) is 38.6 Å². The van der Waals surface area contributed by atoms with Crippen molar-refractivity contribution >= 4 is 16.9 Å². The van der Waals surface area contributed by atoms with E-state index >= 15 is 0 Å². The molecule has 1 aromatic carbocycles. The number of hydrogen-bond acceptors (Lipinski definition) is 5. The first-order valence-corrected chi connectivity index (χ1v) is 9.86. The fourth-order valence-corrected chi connectivity index (χ4v) is 3.55. The van der Waals surface area contributed by atoms with Gasteiger partial charge in [-0.1, -0.05) is 12.1 Å². The number of amides is 1. The highest BCUT2D eigenvalue weighted by molar-refractivity contribution is 5.84. The third-order valence-electron chi connectivity index (χ3n) is 5.30. The van der Waals surface area contributed by atoms with E-state index in [-0.39, 0.29) is 18.6 Å². The van der Waals surface area contributed by atoms with Crippen molar-refractivity contribution < 1.29 is 14.3 Å². The summed E-state index contributed by atoms with van der Waals surface area (Å²) in [4.78, 5) is 16.9. The van der Waals surface area contributed by atoms with Crippen LogP contribution in [0.1, 0.15) is 48.5 Å². The van der Waals surface area contributed by atoms with Crippen LogP contribution in [0.25, 0.3) is 11.0 Å². The van der Waals surface area contributed by atoms with Gasteiger partial charge < -0.3 is 14.8 Å². The first-order valence-electron chi connectivity index (χ1n) is 9.86. The highest BCUT2D eigenvalue weighted by Crippen LogP contribution is 2.43. The predicted octanol–water partition coefficient (Wildman–Crippen LogP) is 3.42. The molecule has 1 atom stereocenters. The summed E-state index contributed by atoms with van der Waals surface area (Å²) in [6.45, 7) is 3.88. The number of carbonyl (C=O) groups is 1. The van der Waals surface area contributed by atoms with Crippen LogP contribution in [-0.2, 0) is 11.8 Å². The van der Waals surface area contributed by atoms with E-state index in [9.17, 15) is 4.79 Å². The van der Waals surface area contributed by atoms with Crippen LogP contribution in [0.3, 0.4) is 0 Å². The van der Waals surface area contributed by atoms with E-state index < -0.39 is 0 Å². The summed E-state index contributed by atoms with van der Waals surface area (Å²) < 4.78 is 12.6. The Morgan fingerprint density at radius 3 is 2.69 bits per heavy atom. The Balaban J connectivity index is 1.41. The molecule has 7 nitrogen and oxygen atoms in total. The molecule has 2 aromatic heterocycles. The molecule has 0 bridgehead atoms. The Morgan fingerprint density at radius 2 is 2.03 bits per heavy atom. The van der Waals surface area contributed by atoms with Gasteiger partial charge in [0.1, 0.15) is 5.75 Å². The molecule has 1 aliphatic carbocycles. The number of methoxy groups -OCH3 is 1. The van der Waals surface area contributed by atoms with Gasteiger partial charge in [0.05, 0.1) is 18.8 Å². The monoisotopic (exact) mass is 394 g/mol. The number of nitrogens with one attached hydrogen (secondary N) is 1. The van der Waals surface area contributed by atoms with Gasteiger partial charge in [0, 0.05) is 24.4 Å².